The molecule has 1 aliphatic heterocycles. The first-order valence-electron chi connectivity index (χ1n) is 9.78. The highest BCUT2D eigenvalue weighted by Crippen LogP contribution is 2.34. The lowest BCUT2D eigenvalue weighted by atomic mass is 9.99. The lowest BCUT2D eigenvalue weighted by molar-refractivity contribution is -0.132. The van der Waals surface area contributed by atoms with Crippen molar-refractivity contribution in [3.8, 4) is 16.9 Å². The van der Waals surface area contributed by atoms with Crippen LogP contribution in [0.5, 0.6) is 5.75 Å². The van der Waals surface area contributed by atoms with E-state index in [-0.39, 0.29) is 24.1 Å². The van der Waals surface area contributed by atoms with E-state index in [9.17, 15) is 18.3 Å². The maximum Gasteiger partial charge on any atom is 0.233 e. The normalized spacial score (nSPS) is 15.2. The van der Waals surface area contributed by atoms with Gasteiger partial charge in [-0.2, -0.15) is 0 Å². The molecule has 160 valence electrons. The number of nitrogens with zero attached hydrogens (tertiary/aromatic N) is 1. The molecular formula is C22H25ClN2O4S. The molecule has 0 spiro atoms. The summed E-state index contributed by atoms with van der Waals surface area (Å²) >= 11 is 6.30. The Bertz CT molecular complexity index is 1020. The van der Waals surface area contributed by atoms with Gasteiger partial charge in [0.05, 0.1) is 5.02 Å². The number of nitrogens with one attached hydrogen (secondary N) is 1. The second-order valence-electron chi connectivity index (χ2n) is 7.31. The second-order valence-corrected chi connectivity index (χ2v) is 9.38. The molecule has 1 fully saturated rings. The lowest BCUT2D eigenvalue weighted by Crippen LogP contribution is -2.46. The number of halogens is 1. The molecule has 2 aromatic rings. The van der Waals surface area contributed by atoms with Gasteiger partial charge < -0.3 is 10.0 Å². The Morgan fingerprint density at radius 3 is 2.53 bits per heavy atom. The minimum absolute atomic E-state index is 0.0179. The molecule has 3 rings (SSSR count). The number of aromatic hydroxyl groups is 1. The van der Waals surface area contributed by atoms with Crippen LogP contribution in [0.2, 0.25) is 5.02 Å². The van der Waals surface area contributed by atoms with Gasteiger partial charge in [-0.25, -0.2) is 13.1 Å². The molecular weight excluding hydrogens is 424 g/mol. The zero-order valence-electron chi connectivity index (χ0n) is 16.6. The number of hydrogen-bond donors (Lipinski definition) is 2. The van der Waals surface area contributed by atoms with Crippen LogP contribution < -0.4 is 4.72 Å². The molecule has 2 aromatic carbocycles. The van der Waals surface area contributed by atoms with Gasteiger partial charge in [-0.1, -0.05) is 48.5 Å². The second kappa shape index (κ2) is 9.64. The molecule has 6 nitrogen and oxygen atoms in total. The highest BCUT2D eigenvalue weighted by Gasteiger charge is 2.25. The van der Waals surface area contributed by atoms with Crippen molar-refractivity contribution in [2.45, 2.75) is 31.7 Å². The van der Waals surface area contributed by atoms with E-state index in [0.717, 1.165) is 16.5 Å². The zero-order valence-corrected chi connectivity index (χ0v) is 18.1. The molecule has 0 bridgehead atoms. The first-order valence-corrected chi connectivity index (χ1v) is 11.7. The molecule has 8 heteroatoms. The van der Waals surface area contributed by atoms with Gasteiger partial charge in [0.15, 0.2) is 0 Å². The Labute approximate surface area is 182 Å². The molecule has 1 aliphatic rings. The summed E-state index contributed by atoms with van der Waals surface area (Å²) in [5, 5.41) is 11.6. The van der Waals surface area contributed by atoms with Crippen molar-refractivity contribution in [2.75, 3.05) is 13.1 Å². The minimum Gasteiger partial charge on any atom is -0.508 e. The third kappa shape index (κ3) is 5.62. The molecule has 0 aliphatic carbocycles. The Morgan fingerprint density at radius 1 is 1.23 bits per heavy atom. The van der Waals surface area contributed by atoms with Gasteiger partial charge in [-0.15, -0.1) is 0 Å². The number of piperidine rings is 1. The van der Waals surface area contributed by atoms with Gasteiger partial charge in [-0.3, -0.25) is 4.79 Å². The topological polar surface area (TPSA) is 86.7 Å². The van der Waals surface area contributed by atoms with E-state index in [1.54, 1.807) is 4.90 Å². The molecule has 0 radical (unpaired) electrons. The predicted molar refractivity (Wildman–Crippen MR) is 119 cm³/mol. The largest absolute Gasteiger partial charge is 0.508 e. The number of amides is 1. The van der Waals surface area contributed by atoms with E-state index in [1.165, 1.54) is 6.07 Å². The molecule has 0 atom stereocenters. The van der Waals surface area contributed by atoms with E-state index < -0.39 is 10.0 Å². The predicted octanol–water partition coefficient (Wildman–Crippen LogP) is 3.70. The quantitative estimate of drug-likeness (QED) is 0.676. The standard InChI is InChI=1S/C22H25ClN2O4S/c1-2-30(28,29)24-18-10-12-25(13-11-18)22(27)9-8-17-14-19(20(23)15-21(17)26)16-6-4-3-5-7-16/h2-7,14-15,18,24,26H,1,8-13H2. The summed E-state index contributed by atoms with van der Waals surface area (Å²) in [6, 6.07) is 12.8. The van der Waals surface area contributed by atoms with Crippen LogP contribution in [0.1, 0.15) is 24.8 Å². The van der Waals surface area contributed by atoms with Gasteiger partial charge >= 0.3 is 0 Å². The third-order valence-corrected chi connectivity index (χ3v) is 6.67. The Balaban J connectivity index is 1.60. The van der Waals surface area contributed by atoms with Crippen molar-refractivity contribution in [3.63, 3.8) is 0 Å². The van der Waals surface area contributed by atoms with Crippen LogP contribution in [0.25, 0.3) is 11.1 Å². The molecule has 1 saturated heterocycles. The van der Waals surface area contributed by atoms with Crippen LogP contribution in [0.4, 0.5) is 0 Å². The number of aryl methyl sites for hydroxylation is 1. The summed E-state index contributed by atoms with van der Waals surface area (Å²) in [5.74, 6) is 0.0562. The van der Waals surface area contributed by atoms with E-state index in [4.69, 9.17) is 11.6 Å². The fourth-order valence-electron chi connectivity index (χ4n) is 3.57. The van der Waals surface area contributed by atoms with Crippen molar-refractivity contribution >= 4 is 27.5 Å². The molecule has 0 aromatic heterocycles. The van der Waals surface area contributed by atoms with Crippen LogP contribution in [0, 0.1) is 0 Å². The van der Waals surface area contributed by atoms with Crippen LogP contribution in [-0.2, 0) is 21.2 Å². The summed E-state index contributed by atoms with van der Waals surface area (Å²) in [5.41, 5.74) is 2.42. The third-order valence-electron chi connectivity index (χ3n) is 5.26. The summed E-state index contributed by atoms with van der Waals surface area (Å²) in [6.45, 7) is 4.27. The van der Waals surface area contributed by atoms with E-state index in [0.29, 0.717) is 42.9 Å². The summed E-state index contributed by atoms with van der Waals surface area (Å²) in [6.07, 6.45) is 1.77. The Kier molecular flexibility index (Phi) is 7.18. The fraction of sp³-hybridized carbons (Fsp3) is 0.318. The Hall–Kier alpha value is -2.35. The number of phenolic OH excluding ortho intramolecular Hbond substituents is 1. The SMILES string of the molecule is C=CS(=O)(=O)NC1CCN(C(=O)CCc2cc(-c3ccccc3)c(Cl)cc2O)CC1. The average Bonchev–Trinajstić information content (AvgIpc) is 2.74. The van der Waals surface area contributed by atoms with E-state index in [2.05, 4.69) is 11.3 Å². The molecule has 2 N–H and O–H groups in total. The monoisotopic (exact) mass is 448 g/mol. The van der Waals surface area contributed by atoms with Gasteiger partial charge in [0.25, 0.3) is 0 Å². The highest BCUT2D eigenvalue weighted by atomic mass is 35.5. The zero-order chi connectivity index (χ0) is 21.7. The van der Waals surface area contributed by atoms with Crippen molar-refractivity contribution in [3.05, 3.63) is 65.0 Å². The summed E-state index contributed by atoms with van der Waals surface area (Å²) in [4.78, 5) is 14.4. The highest BCUT2D eigenvalue weighted by molar-refractivity contribution is 7.92. The van der Waals surface area contributed by atoms with Crippen molar-refractivity contribution in [1.29, 1.82) is 0 Å². The minimum atomic E-state index is -3.47. The van der Waals surface area contributed by atoms with Crippen molar-refractivity contribution < 1.29 is 18.3 Å². The van der Waals surface area contributed by atoms with Gasteiger partial charge in [0, 0.05) is 36.5 Å². The first-order chi connectivity index (χ1) is 14.3. The van der Waals surface area contributed by atoms with Crippen LogP contribution >= 0.6 is 11.6 Å². The van der Waals surface area contributed by atoms with Crippen molar-refractivity contribution in [2.24, 2.45) is 0 Å². The number of carbonyl (C=O) groups excluding carboxylic acids is 1. The molecule has 30 heavy (non-hydrogen) atoms. The first kappa shape index (κ1) is 22.3. The maximum absolute atomic E-state index is 12.6. The number of phenols is 1. The number of likely N-dealkylation sites (tertiary alicyclic amines) is 1. The molecule has 1 heterocycles. The van der Waals surface area contributed by atoms with Crippen molar-refractivity contribution in [1.82, 2.24) is 9.62 Å². The van der Waals surface area contributed by atoms with Gasteiger partial charge in [-0.05, 0) is 42.5 Å². The number of hydrogen-bond acceptors (Lipinski definition) is 4. The van der Waals surface area contributed by atoms with Crippen LogP contribution in [0.15, 0.2) is 54.5 Å². The maximum atomic E-state index is 12.6. The summed E-state index contributed by atoms with van der Waals surface area (Å²) in [7, 11) is -3.47. The average molecular weight is 449 g/mol. The fourth-order valence-corrected chi connectivity index (χ4v) is 4.64. The Morgan fingerprint density at radius 2 is 1.90 bits per heavy atom. The number of carbonyl (C=O) groups is 1. The van der Waals surface area contributed by atoms with E-state index >= 15 is 0 Å². The molecule has 1 amide bonds. The number of sulfonamides is 1. The van der Waals surface area contributed by atoms with Gasteiger partial charge in [0.1, 0.15) is 5.75 Å². The number of rotatable bonds is 7. The summed E-state index contributed by atoms with van der Waals surface area (Å²) < 4.78 is 25.7. The van der Waals surface area contributed by atoms with Crippen LogP contribution in [-0.4, -0.2) is 43.5 Å². The molecule has 0 saturated carbocycles. The number of benzene rings is 2. The lowest BCUT2D eigenvalue weighted by Gasteiger charge is -2.32. The van der Waals surface area contributed by atoms with Gasteiger partial charge in [0.2, 0.25) is 15.9 Å². The van der Waals surface area contributed by atoms with E-state index in [1.807, 2.05) is 36.4 Å². The van der Waals surface area contributed by atoms with Crippen LogP contribution in [0.3, 0.4) is 0 Å². The smallest absolute Gasteiger partial charge is 0.233 e. The molecule has 0 unspecified atom stereocenters.